The van der Waals surface area contributed by atoms with E-state index in [4.69, 9.17) is 4.98 Å². The summed E-state index contributed by atoms with van der Waals surface area (Å²) in [5, 5.41) is 3.66. The Morgan fingerprint density at radius 2 is 2.27 bits per heavy atom. The largest absolute Gasteiger partial charge is 0.312 e. The van der Waals surface area contributed by atoms with Crippen molar-refractivity contribution in [2.45, 2.75) is 44.2 Å². The second-order valence-electron chi connectivity index (χ2n) is 6.82. The van der Waals surface area contributed by atoms with Gasteiger partial charge in [0.2, 0.25) is 0 Å². The number of imidazole rings is 1. The third-order valence-corrected chi connectivity index (χ3v) is 5.11. The van der Waals surface area contributed by atoms with E-state index < -0.39 is 0 Å². The van der Waals surface area contributed by atoms with Crippen LogP contribution in [-0.2, 0) is 6.54 Å². The SMILES string of the molecule is CN1CCC(c2nc3cccnc3n2CC2CCCCN2)C1. The highest BCUT2D eigenvalue weighted by Crippen LogP contribution is 2.28. The van der Waals surface area contributed by atoms with E-state index in [1.165, 1.54) is 38.1 Å². The summed E-state index contributed by atoms with van der Waals surface area (Å²) in [5.41, 5.74) is 2.10. The van der Waals surface area contributed by atoms with Gasteiger partial charge in [-0.1, -0.05) is 6.42 Å². The van der Waals surface area contributed by atoms with Crippen molar-refractivity contribution in [3.8, 4) is 0 Å². The molecule has 0 aliphatic carbocycles. The van der Waals surface area contributed by atoms with E-state index in [0.717, 1.165) is 30.8 Å². The average Bonchev–Trinajstić information content (AvgIpc) is 3.13. The van der Waals surface area contributed by atoms with Gasteiger partial charge in [-0.25, -0.2) is 9.97 Å². The molecule has 0 amide bonds. The number of pyridine rings is 1. The van der Waals surface area contributed by atoms with Crippen molar-refractivity contribution in [2.75, 3.05) is 26.7 Å². The second-order valence-corrected chi connectivity index (χ2v) is 6.82. The van der Waals surface area contributed by atoms with Gasteiger partial charge >= 0.3 is 0 Å². The molecule has 5 heteroatoms. The summed E-state index contributed by atoms with van der Waals surface area (Å²) in [6.45, 7) is 4.43. The number of hydrogen-bond acceptors (Lipinski definition) is 4. The Morgan fingerprint density at radius 3 is 3.05 bits per heavy atom. The number of aromatic nitrogens is 3. The number of nitrogens with zero attached hydrogens (tertiary/aromatic N) is 4. The molecule has 2 aromatic heterocycles. The molecule has 1 N–H and O–H groups in total. The standard InChI is InChI=1S/C17H25N5/c1-21-10-7-13(11-21)16-20-15-6-4-9-19-17(15)22(16)12-14-5-2-3-8-18-14/h4,6,9,13-14,18H,2-3,5,7-8,10-12H2,1H3. The van der Waals surface area contributed by atoms with Crippen LogP contribution in [0.1, 0.15) is 37.4 Å². The van der Waals surface area contributed by atoms with Crippen LogP contribution in [-0.4, -0.2) is 52.2 Å². The van der Waals surface area contributed by atoms with E-state index in [1.807, 2.05) is 12.3 Å². The Morgan fingerprint density at radius 1 is 1.32 bits per heavy atom. The van der Waals surface area contributed by atoms with Gasteiger partial charge in [-0.05, 0) is 51.5 Å². The molecular weight excluding hydrogens is 274 g/mol. The molecule has 2 aromatic rings. The number of hydrogen-bond donors (Lipinski definition) is 1. The maximum absolute atomic E-state index is 4.94. The summed E-state index contributed by atoms with van der Waals surface area (Å²) in [7, 11) is 2.20. The van der Waals surface area contributed by atoms with Gasteiger partial charge in [0.05, 0.1) is 0 Å². The Kier molecular flexibility index (Phi) is 3.84. The Balaban J connectivity index is 1.69. The molecule has 2 aliphatic rings. The van der Waals surface area contributed by atoms with Crippen molar-refractivity contribution < 1.29 is 0 Å². The average molecular weight is 299 g/mol. The summed E-state index contributed by atoms with van der Waals surface area (Å²) in [5.74, 6) is 1.79. The number of likely N-dealkylation sites (tertiary alicyclic amines) is 1. The van der Waals surface area contributed by atoms with Crippen LogP contribution in [0.2, 0.25) is 0 Å². The van der Waals surface area contributed by atoms with Crippen molar-refractivity contribution in [1.82, 2.24) is 24.8 Å². The quantitative estimate of drug-likeness (QED) is 0.941. The van der Waals surface area contributed by atoms with Crippen molar-refractivity contribution in [3.05, 3.63) is 24.2 Å². The topological polar surface area (TPSA) is 46.0 Å². The number of rotatable bonds is 3. The highest BCUT2D eigenvalue weighted by Gasteiger charge is 2.28. The molecule has 0 bridgehead atoms. The van der Waals surface area contributed by atoms with Gasteiger partial charge in [-0.15, -0.1) is 0 Å². The minimum Gasteiger partial charge on any atom is -0.312 e. The molecule has 2 unspecified atom stereocenters. The zero-order valence-corrected chi connectivity index (χ0v) is 13.3. The van der Waals surface area contributed by atoms with Crippen LogP contribution < -0.4 is 5.32 Å². The summed E-state index contributed by atoms with van der Waals surface area (Å²) in [4.78, 5) is 12.0. The van der Waals surface area contributed by atoms with Crippen LogP contribution in [0, 0.1) is 0 Å². The highest BCUT2D eigenvalue weighted by molar-refractivity contribution is 5.71. The van der Waals surface area contributed by atoms with Crippen LogP contribution in [0.3, 0.4) is 0 Å². The lowest BCUT2D eigenvalue weighted by Crippen LogP contribution is -2.37. The molecule has 0 saturated carbocycles. The van der Waals surface area contributed by atoms with E-state index in [9.17, 15) is 0 Å². The zero-order chi connectivity index (χ0) is 14.9. The van der Waals surface area contributed by atoms with Crippen LogP contribution >= 0.6 is 0 Å². The molecule has 2 aliphatic heterocycles. The summed E-state index contributed by atoms with van der Waals surface area (Å²) < 4.78 is 2.39. The molecule has 2 atom stereocenters. The van der Waals surface area contributed by atoms with Crippen molar-refractivity contribution in [2.24, 2.45) is 0 Å². The molecule has 22 heavy (non-hydrogen) atoms. The lowest BCUT2D eigenvalue weighted by molar-refractivity contribution is 0.357. The highest BCUT2D eigenvalue weighted by atomic mass is 15.2. The maximum Gasteiger partial charge on any atom is 0.160 e. The number of nitrogens with one attached hydrogen (secondary N) is 1. The fourth-order valence-corrected chi connectivity index (χ4v) is 3.91. The van der Waals surface area contributed by atoms with E-state index in [2.05, 4.69) is 32.9 Å². The molecule has 0 spiro atoms. The first-order chi connectivity index (χ1) is 10.8. The molecular formula is C17H25N5. The number of likely N-dealkylation sites (N-methyl/N-ethyl adjacent to an activating group) is 1. The van der Waals surface area contributed by atoms with Crippen LogP contribution in [0.25, 0.3) is 11.2 Å². The lowest BCUT2D eigenvalue weighted by Gasteiger charge is -2.25. The van der Waals surface area contributed by atoms with Gasteiger partial charge in [0.25, 0.3) is 0 Å². The van der Waals surface area contributed by atoms with Gasteiger partial charge in [-0.3, -0.25) is 0 Å². The van der Waals surface area contributed by atoms with Crippen LogP contribution in [0.15, 0.2) is 18.3 Å². The zero-order valence-electron chi connectivity index (χ0n) is 13.3. The smallest absolute Gasteiger partial charge is 0.160 e. The monoisotopic (exact) mass is 299 g/mol. The molecule has 2 fully saturated rings. The minimum absolute atomic E-state index is 0.544. The third-order valence-electron chi connectivity index (χ3n) is 5.11. The van der Waals surface area contributed by atoms with E-state index in [0.29, 0.717) is 12.0 Å². The van der Waals surface area contributed by atoms with Crippen molar-refractivity contribution >= 4 is 11.2 Å². The van der Waals surface area contributed by atoms with E-state index in [1.54, 1.807) is 0 Å². The predicted octanol–water partition coefficient (Wildman–Crippen LogP) is 1.99. The number of piperidine rings is 1. The first-order valence-electron chi connectivity index (χ1n) is 8.54. The van der Waals surface area contributed by atoms with Crippen molar-refractivity contribution in [3.63, 3.8) is 0 Å². The second kappa shape index (κ2) is 5.97. The van der Waals surface area contributed by atoms with Gasteiger partial charge in [0.15, 0.2) is 5.65 Å². The normalized spacial score (nSPS) is 26.8. The van der Waals surface area contributed by atoms with Gasteiger partial charge in [-0.2, -0.15) is 0 Å². The summed E-state index contributed by atoms with van der Waals surface area (Å²) >= 11 is 0. The first kappa shape index (κ1) is 14.2. The minimum atomic E-state index is 0.544. The van der Waals surface area contributed by atoms with E-state index in [-0.39, 0.29) is 0 Å². The molecule has 118 valence electrons. The Labute approximate surface area is 131 Å². The summed E-state index contributed by atoms with van der Waals surface area (Å²) in [6.07, 6.45) is 6.99. The van der Waals surface area contributed by atoms with Gasteiger partial charge in [0, 0.05) is 31.2 Å². The molecule has 0 aromatic carbocycles. The Bertz CT molecular complexity index is 644. The fourth-order valence-electron chi connectivity index (χ4n) is 3.91. The van der Waals surface area contributed by atoms with Gasteiger partial charge in [0.1, 0.15) is 11.3 Å². The van der Waals surface area contributed by atoms with Crippen LogP contribution in [0.5, 0.6) is 0 Å². The van der Waals surface area contributed by atoms with Crippen molar-refractivity contribution in [1.29, 1.82) is 0 Å². The fraction of sp³-hybridized carbons (Fsp3) is 0.647. The molecule has 2 saturated heterocycles. The Hall–Kier alpha value is -1.46. The third kappa shape index (κ3) is 2.63. The number of fused-ring (bicyclic) bond motifs is 1. The molecule has 4 rings (SSSR count). The maximum atomic E-state index is 4.94. The van der Waals surface area contributed by atoms with E-state index >= 15 is 0 Å². The molecule has 0 radical (unpaired) electrons. The first-order valence-corrected chi connectivity index (χ1v) is 8.54. The molecule has 5 nitrogen and oxygen atoms in total. The lowest BCUT2D eigenvalue weighted by atomic mass is 10.0. The van der Waals surface area contributed by atoms with Gasteiger partial charge < -0.3 is 14.8 Å². The predicted molar refractivity (Wildman–Crippen MR) is 88.0 cm³/mol. The van der Waals surface area contributed by atoms with Crippen LogP contribution in [0.4, 0.5) is 0 Å². The molecule has 4 heterocycles. The summed E-state index contributed by atoms with van der Waals surface area (Å²) in [6, 6.07) is 4.64.